The van der Waals surface area contributed by atoms with Crippen molar-refractivity contribution in [3.8, 4) is 5.75 Å². The predicted molar refractivity (Wildman–Crippen MR) is 89.3 cm³/mol. The van der Waals surface area contributed by atoms with Gasteiger partial charge in [-0.3, -0.25) is 9.59 Å². The van der Waals surface area contributed by atoms with Gasteiger partial charge >= 0.3 is 5.97 Å². The highest BCUT2D eigenvalue weighted by Gasteiger charge is 2.41. The summed E-state index contributed by atoms with van der Waals surface area (Å²) in [7, 11) is 0. The molecule has 1 aromatic rings. The quantitative estimate of drug-likeness (QED) is 0.903. The Morgan fingerprint density at radius 2 is 1.88 bits per heavy atom. The number of ether oxygens (including phenoxy) is 2. The van der Waals surface area contributed by atoms with Crippen LogP contribution in [0.1, 0.15) is 24.8 Å². The Balaban J connectivity index is 1.33. The molecule has 0 radical (unpaired) electrons. The number of hydrogen-bond acceptors (Lipinski definition) is 4. The van der Waals surface area contributed by atoms with E-state index in [0.29, 0.717) is 32.5 Å². The average molecular weight is 345 g/mol. The Kier molecular flexibility index (Phi) is 4.37. The third-order valence-corrected chi connectivity index (χ3v) is 5.69. The van der Waals surface area contributed by atoms with Crippen LogP contribution in [0.25, 0.3) is 0 Å². The van der Waals surface area contributed by atoms with Gasteiger partial charge in [0.2, 0.25) is 0 Å². The van der Waals surface area contributed by atoms with E-state index in [1.165, 1.54) is 0 Å². The molecule has 6 heteroatoms. The first-order chi connectivity index (χ1) is 12.1. The molecule has 3 aliphatic rings. The molecule has 25 heavy (non-hydrogen) atoms. The lowest BCUT2D eigenvalue weighted by Gasteiger charge is -2.36. The van der Waals surface area contributed by atoms with E-state index in [1.807, 2.05) is 29.2 Å². The van der Waals surface area contributed by atoms with Crippen LogP contribution in [0, 0.1) is 11.8 Å². The van der Waals surface area contributed by atoms with E-state index in [1.54, 1.807) is 0 Å². The fourth-order valence-corrected chi connectivity index (χ4v) is 4.31. The van der Waals surface area contributed by atoms with Crippen molar-refractivity contribution in [1.29, 1.82) is 0 Å². The molecule has 6 nitrogen and oxygen atoms in total. The molecule has 0 aromatic heterocycles. The third-order valence-electron chi connectivity index (χ3n) is 5.69. The number of likely N-dealkylation sites (tertiary alicyclic amines) is 1. The number of carboxylic acids is 1. The average Bonchev–Trinajstić information content (AvgIpc) is 3.28. The van der Waals surface area contributed by atoms with Gasteiger partial charge in [-0.25, -0.2) is 0 Å². The summed E-state index contributed by atoms with van der Waals surface area (Å²) in [4.78, 5) is 26.0. The van der Waals surface area contributed by atoms with E-state index in [9.17, 15) is 14.7 Å². The summed E-state index contributed by atoms with van der Waals surface area (Å²) in [6.07, 6.45) is 2.17. The Hall–Kier alpha value is -2.08. The molecule has 134 valence electrons. The number of nitrogens with zero attached hydrogens (tertiary/aromatic N) is 1. The largest absolute Gasteiger partial charge is 0.481 e. The van der Waals surface area contributed by atoms with Crippen LogP contribution in [0.3, 0.4) is 0 Å². The summed E-state index contributed by atoms with van der Waals surface area (Å²) in [5.74, 6) is -0.108. The summed E-state index contributed by atoms with van der Waals surface area (Å²) in [5, 5.41) is 9.32. The molecule has 3 aliphatic heterocycles. The van der Waals surface area contributed by atoms with Crippen molar-refractivity contribution >= 4 is 11.9 Å². The van der Waals surface area contributed by atoms with Crippen LogP contribution in [-0.2, 0) is 20.7 Å². The second kappa shape index (κ2) is 6.67. The van der Waals surface area contributed by atoms with E-state index in [-0.39, 0.29) is 17.9 Å². The molecule has 2 fully saturated rings. The lowest BCUT2D eigenvalue weighted by molar-refractivity contribution is -0.146. The minimum absolute atomic E-state index is 0.0387. The first-order valence-electron chi connectivity index (χ1n) is 9.01. The van der Waals surface area contributed by atoms with Crippen molar-refractivity contribution in [2.24, 2.45) is 11.8 Å². The SMILES string of the molecule is O=C(O)[C@H]1CCO[C@H]1C1CCN(C(=O)[C@H]2Cc3ccccc3O2)CC1. The highest BCUT2D eigenvalue weighted by atomic mass is 16.5. The van der Waals surface area contributed by atoms with Crippen LogP contribution in [0.2, 0.25) is 0 Å². The summed E-state index contributed by atoms with van der Waals surface area (Å²) in [5.41, 5.74) is 1.08. The molecular weight excluding hydrogens is 322 g/mol. The zero-order chi connectivity index (χ0) is 17.4. The molecule has 2 saturated heterocycles. The number of aliphatic carboxylic acids is 1. The second-order valence-electron chi connectivity index (χ2n) is 7.15. The summed E-state index contributed by atoms with van der Waals surface area (Å²) < 4.78 is 11.5. The van der Waals surface area contributed by atoms with Crippen LogP contribution in [0.15, 0.2) is 24.3 Å². The smallest absolute Gasteiger partial charge is 0.309 e. The lowest BCUT2D eigenvalue weighted by atomic mass is 9.84. The van der Waals surface area contributed by atoms with Crippen LogP contribution in [0.5, 0.6) is 5.75 Å². The van der Waals surface area contributed by atoms with Gasteiger partial charge in [0, 0.05) is 26.1 Å². The third kappa shape index (κ3) is 3.11. The molecule has 1 amide bonds. The number of rotatable bonds is 3. The topological polar surface area (TPSA) is 76.1 Å². The molecule has 4 rings (SSSR count). The van der Waals surface area contributed by atoms with Gasteiger partial charge in [0.05, 0.1) is 12.0 Å². The molecule has 0 aliphatic carbocycles. The van der Waals surface area contributed by atoms with Gasteiger partial charge in [0.25, 0.3) is 5.91 Å². The Bertz CT molecular complexity index is 643. The molecule has 0 saturated carbocycles. The molecule has 1 aromatic carbocycles. The molecule has 0 bridgehead atoms. The number of amides is 1. The number of para-hydroxylation sites is 1. The fourth-order valence-electron chi connectivity index (χ4n) is 4.31. The number of carboxylic acid groups (broad SMARTS) is 1. The minimum atomic E-state index is -0.766. The van der Waals surface area contributed by atoms with Crippen molar-refractivity contribution in [3.05, 3.63) is 29.8 Å². The second-order valence-corrected chi connectivity index (χ2v) is 7.15. The normalized spacial score (nSPS) is 29.3. The standard InChI is InChI=1S/C19H23NO5/c21-18(16-11-13-3-1-2-4-15(13)25-16)20-8-5-12(6-9-20)17-14(19(22)23)7-10-24-17/h1-4,12,14,16-17H,5-11H2,(H,22,23)/t14-,16+,17-/m0/s1. The van der Waals surface area contributed by atoms with Gasteiger partial charge in [-0.05, 0) is 36.8 Å². The van der Waals surface area contributed by atoms with E-state index in [0.717, 1.165) is 24.2 Å². The fraction of sp³-hybridized carbons (Fsp3) is 0.579. The Morgan fingerprint density at radius 3 is 2.60 bits per heavy atom. The molecule has 3 heterocycles. The monoisotopic (exact) mass is 345 g/mol. The molecule has 1 N–H and O–H groups in total. The summed E-state index contributed by atoms with van der Waals surface area (Å²) in [6, 6.07) is 7.77. The van der Waals surface area contributed by atoms with Crippen molar-refractivity contribution in [2.45, 2.75) is 37.9 Å². The number of fused-ring (bicyclic) bond motifs is 1. The highest BCUT2D eigenvalue weighted by molar-refractivity contribution is 5.82. The predicted octanol–water partition coefficient (Wildman–Crippen LogP) is 1.72. The maximum absolute atomic E-state index is 12.7. The Labute approximate surface area is 146 Å². The van der Waals surface area contributed by atoms with E-state index >= 15 is 0 Å². The molecule has 0 spiro atoms. The molecule has 3 atom stereocenters. The number of carbonyl (C=O) groups is 2. The van der Waals surface area contributed by atoms with Gasteiger partial charge in [-0.1, -0.05) is 18.2 Å². The van der Waals surface area contributed by atoms with Crippen molar-refractivity contribution in [2.75, 3.05) is 19.7 Å². The maximum atomic E-state index is 12.7. The number of hydrogen-bond donors (Lipinski definition) is 1. The first kappa shape index (κ1) is 16.4. The lowest BCUT2D eigenvalue weighted by Crippen LogP contribution is -2.47. The van der Waals surface area contributed by atoms with Gasteiger partial charge in [0.1, 0.15) is 5.75 Å². The molecule has 0 unspecified atom stereocenters. The van der Waals surface area contributed by atoms with Crippen molar-refractivity contribution in [1.82, 2.24) is 4.90 Å². The zero-order valence-electron chi connectivity index (χ0n) is 14.1. The van der Waals surface area contributed by atoms with Crippen LogP contribution < -0.4 is 4.74 Å². The number of benzene rings is 1. The van der Waals surface area contributed by atoms with Gasteiger partial charge in [-0.2, -0.15) is 0 Å². The van der Waals surface area contributed by atoms with E-state index < -0.39 is 18.0 Å². The van der Waals surface area contributed by atoms with Crippen molar-refractivity contribution < 1.29 is 24.2 Å². The van der Waals surface area contributed by atoms with E-state index in [4.69, 9.17) is 9.47 Å². The summed E-state index contributed by atoms with van der Waals surface area (Å²) in [6.45, 7) is 1.81. The number of carbonyl (C=O) groups excluding carboxylic acids is 1. The van der Waals surface area contributed by atoms with Crippen molar-refractivity contribution in [3.63, 3.8) is 0 Å². The van der Waals surface area contributed by atoms with Crippen LogP contribution in [-0.4, -0.2) is 53.8 Å². The highest BCUT2D eigenvalue weighted by Crippen LogP contribution is 2.34. The minimum Gasteiger partial charge on any atom is -0.481 e. The first-order valence-corrected chi connectivity index (χ1v) is 9.01. The summed E-state index contributed by atoms with van der Waals surface area (Å²) >= 11 is 0. The van der Waals surface area contributed by atoms with E-state index in [2.05, 4.69) is 0 Å². The Morgan fingerprint density at radius 1 is 1.12 bits per heavy atom. The van der Waals surface area contributed by atoms with Gasteiger partial charge < -0.3 is 19.5 Å². The van der Waals surface area contributed by atoms with Gasteiger partial charge in [-0.15, -0.1) is 0 Å². The molecular formula is C19H23NO5. The van der Waals surface area contributed by atoms with Crippen LogP contribution in [0.4, 0.5) is 0 Å². The van der Waals surface area contributed by atoms with Gasteiger partial charge in [0.15, 0.2) is 6.10 Å². The number of piperidine rings is 1. The maximum Gasteiger partial charge on any atom is 0.309 e. The van der Waals surface area contributed by atoms with Crippen LogP contribution >= 0.6 is 0 Å². The zero-order valence-corrected chi connectivity index (χ0v) is 14.1.